The van der Waals surface area contributed by atoms with Crippen molar-refractivity contribution in [2.24, 2.45) is 5.73 Å². The lowest BCUT2D eigenvalue weighted by Crippen LogP contribution is -2.43. The number of carbonyl (C=O) groups is 1. The molecule has 5 nitrogen and oxygen atoms in total. The van der Waals surface area contributed by atoms with Crippen LogP contribution in [-0.2, 0) is 4.74 Å². The second-order valence-corrected chi connectivity index (χ2v) is 6.52. The van der Waals surface area contributed by atoms with Crippen molar-refractivity contribution < 1.29 is 14.0 Å². The second kappa shape index (κ2) is 10.2. The van der Waals surface area contributed by atoms with E-state index in [0.717, 1.165) is 49.1 Å². The summed E-state index contributed by atoms with van der Waals surface area (Å²) in [6, 6.07) is 7.47. The summed E-state index contributed by atoms with van der Waals surface area (Å²) in [5.74, 6) is -0.260. The van der Waals surface area contributed by atoms with E-state index >= 15 is 0 Å². The van der Waals surface area contributed by atoms with Gasteiger partial charge in [0.15, 0.2) is 0 Å². The first-order valence-electron chi connectivity index (χ1n) is 8.51. The standard InChI is InChI=1S/C18H31N3O2/c1-4-5-12-20-17-9-7-16(8-10-17)18(22)23-15-14-21(2,3)13-6-11-19/h7-10H,4-6,11-15,19H2,1-3H3/p+1. The van der Waals surface area contributed by atoms with E-state index in [1.165, 1.54) is 0 Å². The molecule has 3 N–H and O–H groups in total. The number of hydrogen-bond donors (Lipinski definition) is 2. The van der Waals surface area contributed by atoms with Crippen molar-refractivity contribution in [2.75, 3.05) is 52.2 Å². The summed E-state index contributed by atoms with van der Waals surface area (Å²) in [6.45, 7) is 6.02. The molecule has 0 atom stereocenters. The van der Waals surface area contributed by atoms with Crippen LogP contribution >= 0.6 is 0 Å². The van der Waals surface area contributed by atoms with Gasteiger partial charge in [0, 0.05) is 18.7 Å². The second-order valence-electron chi connectivity index (χ2n) is 6.52. The van der Waals surface area contributed by atoms with E-state index in [-0.39, 0.29) is 5.97 Å². The Labute approximate surface area is 140 Å². The monoisotopic (exact) mass is 322 g/mol. The molecule has 5 heteroatoms. The fourth-order valence-corrected chi connectivity index (χ4v) is 2.23. The Hall–Kier alpha value is -1.59. The minimum atomic E-state index is -0.260. The van der Waals surface area contributed by atoms with Gasteiger partial charge in [-0.1, -0.05) is 13.3 Å². The van der Waals surface area contributed by atoms with Crippen LogP contribution in [0.4, 0.5) is 5.69 Å². The average molecular weight is 322 g/mol. The number of ether oxygens (including phenoxy) is 1. The van der Waals surface area contributed by atoms with E-state index in [2.05, 4.69) is 26.3 Å². The largest absolute Gasteiger partial charge is 0.456 e. The highest BCUT2D eigenvalue weighted by Gasteiger charge is 2.15. The van der Waals surface area contributed by atoms with Gasteiger partial charge in [0.25, 0.3) is 0 Å². The van der Waals surface area contributed by atoms with E-state index in [9.17, 15) is 4.79 Å². The van der Waals surface area contributed by atoms with Gasteiger partial charge in [0.05, 0.1) is 26.2 Å². The van der Waals surface area contributed by atoms with Gasteiger partial charge in [-0.15, -0.1) is 0 Å². The lowest BCUT2D eigenvalue weighted by molar-refractivity contribution is -0.890. The summed E-state index contributed by atoms with van der Waals surface area (Å²) in [5, 5.41) is 3.33. The number of carbonyl (C=O) groups excluding carboxylic acids is 1. The Morgan fingerprint density at radius 1 is 1.17 bits per heavy atom. The van der Waals surface area contributed by atoms with Crippen LogP contribution in [0.3, 0.4) is 0 Å². The third-order valence-corrected chi connectivity index (χ3v) is 3.88. The number of nitrogens with zero attached hydrogens (tertiary/aromatic N) is 1. The molecular formula is C18H32N3O2+. The number of hydrogen-bond acceptors (Lipinski definition) is 4. The third-order valence-electron chi connectivity index (χ3n) is 3.88. The van der Waals surface area contributed by atoms with Gasteiger partial charge in [0.2, 0.25) is 0 Å². The first kappa shape index (κ1) is 19.5. The first-order valence-corrected chi connectivity index (χ1v) is 8.51. The number of quaternary nitrogens is 1. The Bertz CT molecular complexity index is 458. The molecule has 0 radical (unpaired) electrons. The van der Waals surface area contributed by atoms with E-state index < -0.39 is 0 Å². The molecule has 1 aromatic carbocycles. The summed E-state index contributed by atoms with van der Waals surface area (Å²) in [5.41, 5.74) is 7.17. The predicted molar refractivity (Wildman–Crippen MR) is 95.6 cm³/mol. The third kappa shape index (κ3) is 8.00. The molecular weight excluding hydrogens is 290 g/mol. The van der Waals surface area contributed by atoms with E-state index in [1.54, 1.807) is 0 Å². The number of unbranched alkanes of at least 4 members (excludes halogenated alkanes) is 1. The highest BCUT2D eigenvalue weighted by Crippen LogP contribution is 2.11. The van der Waals surface area contributed by atoms with Crippen LogP contribution in [0.25, 0.3) is 0 Å². The fourth-order valence-electron chi connectivity index (χ4n) is 2.23. The van der Waals surface area contributed by atoms with E-state index in [4.69, 9.17) is 10.5 Å². The lowest BCUT2D eigenvalue weighted by Gasteiger charge is -2.29. The lowest BCUT2D eigenvalue weighted by atomic mass is 10.2. The number of benzene rings is 1. The number of rotatable bonds is 11. The molecule has 0 unspecified atom stereocenters. The molecule has 1 rings (SSSR count). The highest BCUT2D eigenvalue weighted by molar-refractivity contribution is 5.89. The first-order chi connectivity index (χ1) is 11.0. The average Bonchev–Trinajstić information content (AvgIpc) is 2.53. The molecule has 0 saturated carbocycles. The zero-order valence-corrected chi connectivity index (χ0v) is 14.8. The number of anilines is 1. The molecule has 0 aliphatic heterocycles. The Balaban J connectivity index is 2.37. The zero-order valence-electron chi connectivity index (χ0n) is 14.8. The van der Waals surface area contributed by atoms with Crippen molar-refractivity contribution in [2.45, 2.75) is 26.2 Å². The quantitative estimate of drug-likeness (QED) is 0.373. The van der Waals surface area contributed by atoms with Crippen molar-refractivity contribution >= 4 is 11.7 Å². The fraction of sp³-hybridized carbons (Fsp3) is 0.611. The summed E-state index contributed by atoms with van der Waals surface area (Å²) >= 11 is 0. The van der Waals surface area contributed by atoms with Crippen LogP contribution in [0.15, 0.2) is 24.3 Å². The smallest absolute Gasteiger partial charge is 0.338 e. The topological polar surface area (TPSA) is 64.3 Å². The minimum absolute atomic E-state index is 0.260. The Morgan fingerprint density at radius 2 is 1.87 bits per heavy atom. The van der Waals surface area contributed by atoms with E-state index in [1.807, 2.05) is 24.3 Å². The molecule has 0 amide bonds. The summed E-state index contributed by atoms with van der Waals surface area (Å²) in [4.78, 5) is 12.0. The molecule has 0 saturated heterocycles. The molecule has 0 aliphatic rings. The van der Waals surface area contributed by atoms with Gasteiger partial charge in [-0.3, -0.25) is 0 Å². The highest BCUT2D eigenvalue weighted by atomic mass is 16.5. The van der Waals surface area contributed by atoms with Crippen molar-refractivity contribution in [3.8, 4) is 0 Å². The summed E-state index contributed by atoms with van der Waals surface area (Å²) in [7, 11) is 4.25. The molecule has 1 aromatic rings. The number of esters is 1. The van der Waals surface area contributed by atoms with Crippen LogP contribution in [0.5, 0.6) is 0 Å². The van der Waals surface area contributed by atoms with Gasteiger partial charge < -0.3 is 20.3 Å². The SMILES string of the molecule is CCCCNc1ccc(C(=O)OCC[N+](C)(C)CCCN)cc1. The minimum Gasteiger partial charge on any atom is -0.456 e. The normalized spacial score (nSPS) is 11.3. The molecule has 0 fully saturated rings. The maximum atomic E-state index is 12.0. The number of nitrogens with one attached hydrogen (secondary N) is 1. The molecule has 0 heterocycles. The van der Waals surface area contributed by atoms with Gasteiger partial charge in [-0.05, 0) is 37.2 Å². The maximum absolute atomic E-state index is 12.0. The van der Waals surface area contributed by atoms with Crippen molar-refractivity contribution in [3.63, 3.8) is 0 Å². The van der Waals surface area contributed by atoms with Gasteiger partial charge in [-0.2, -0.15) is 0 Å². The zero-order chi connectivity index (χ0) is 17.1. The van der Waals surface area contributed by atoms with Crippen LogP contribution in [0.1, 0.15) is 36.5 Å². The van der Waals surface area contributed by atoms with Crippen molar-refractivity contribution in [1.82, 2.24) is 0 Å². The predicted octanol–water partition coefficient (Wildman–Crippen LogP) is 2.48. The Morgan fingerprint density at radius 3 is 2.48 bits per heavy atom. The number of likely N-dealkylation sites (N-methyl/N-ethyl adjacent to an activating group) is 1. The molecule has 0 bridgehead atoms. The van der Waals surface area contributed by atoms with Crippen molar-refractivity contribution in [1.29, 1.82) is 0 Å². The van der Waals surface area contributed by atoms with Crippen LogP contribution < -0.4 is 11.1 Å². The Kier molecular flexibility index (Phi) is 8.66. The maximum Gasteiger partial charge on any atom is 0.338 e. The summed E-state index contributed by atoms with van der Waals surface area (Å²) < 4.78 is 6.19. The molecule has 130 valence electrons. The van der Waals surface area contributed by atoms with Crippen LogP contribution in [0, 0.1) is 0 Å². The van der Waals surface area contributed by atoms with Crippen LogP contribution in [-0.4, -0.2) is 57.3 Å². The molecule has 0 aliphatic carbocycles. The number of nitrogens with two attached hydrogens (primary N) is 1. The van der Waals surface area contributed by atoms with Gasteiger partial charge in [0.1, 0.15) is 13.2 Å². The van der Waals surface area contributed by atoms with Gasteiger partial charge in [-0.25, -0.2) is 4.79 Å². The molecule has 0 spiro atoms. The van der Waals surface area contributed by atoms with Crippen molar-refractivity contribution in [3.05, 3.63) is 29.8 Å². The van der Waals surface area contributed by atoms with E-state index in [0.29, 0.717) is 18.7 Å². The van der Waals surface area contributed by atoms with Crippen LogP contribution in [0.2, 0.25) is 0 Å². The molecule has 0 aromatic heterocycles. The summed E-state index contributed by atoms with van der Waals surface area (Å²) in [6.07, 6.45) is 3.28. The molecule has 23 heavy (non-hydrogen) atoms. The van der Waals surface area contributed by atoms with Gasteiger partial charge >= 0.3 is 5.97 Å².